The number of aliphatic hydroxyl groups excluding tert-OH is 1. The van der Waals surface area contributed by atoms with Crippen LogP contribution in [0.2, 0.25) is 0 Å². The summed E-state index contributed by atoms with van der Waals surface area (Å²) in [4.78, 5) is 28.5. The summed E-state index contributed by atoms with van der Waals surface area (Å²) < 4.78 is 0. The molecule has 7 nitrogen and oxygen atoms in total. The maximum atomic E-state index is 11.6. The summed E-state index contributed by atoms with van der Waals surface area (Å²) in [6, 6.07) is 2.69. The van der Waals surface area contributed by atoms with Crippen molar-refractivity contribution in [3.8, 4) is 0 Å². The van der Waals surface area contributed by atoms with E-state index in [4.69, 9.17) is 0 Å². The fourth-order valence-corrected chi connectivity index (χ4v) is 1.90. The molecule has 0 aliphatic heterocycles. The minimum absolute atomic E-state index is 0.163. The van der Waals surface area contributed by atoms with Crippen LogP contribution in [0.5, 0.6) is 0 Å². The SMILES string of the molecule is CC(O)C(C)c1cc2nc[nH]c(=O)c2cc1[N+](=O)[O-]. The summed E-state index contributed by atoms with van der Waals surface area (Å²) in [5, 5.41) is 20.9. The largest absolute Gasteiger partial charge is 0.393 e. The summed E-state index contributed by atoms with van der Waals surface area (Å²) >= 11 is 0. The smallest absolute Gasteiger partial charge is 0.273 e. The Morgan fingerprint density at radius 2 is 2.11 bits per heavy atom. The van der Waals surface area contributed by atoms with Gasteiger partial charge in [-0.1, -0.05) is 6.92 Å². The van der Waals surface area contributed by atoms with Gasteiger partial charge in [0.15, 0.2) is 0 Å². The normalized spacial score (nSPS) is 14.3. The number of nitrogens with one attached hydrogen (secondary N) is 1. The number of nitro benzene ring substituents is 1. The average molecular weight is 263 g/mol. The van der Waals surface area contributed by atoms with E-state index in [-0.39, 0.29) is 11.1 Å². The van der Waals surface area contributed by atoms with E-state index in [1.165, 1.54) is 18.5 Å². The number of benzene rings is 1. The predicted molar refractivity (Wildman–Crippen MR) is 69.1 cm³/mol. The lowest BCUT2D eigenvalue weighted by molar-refractivity contribution is -0.385. The second-order valence-electron chi connectivity index (χ2n) is 4.45. The molecule has 2 rings (SSSR count). The number of hydrogen-bond acceptors (Lipinski definition) is 5. The molecule has 100 valence electrons. The van der Waals surface area contributed by atoms with Crippen molar-refractivity contribution in [3.05, 3.63) is 44.5 Å². The zero-order valence-electron chi connectivity index (χ0n) is 10.5. The van der Waals surface area contributed by atoms with Crippen LogP contribution in [0.3, 0.4) is 0 Å². The van der Waals surface area contributed by atoms with Gasteiger partial charge in [0, 0.05) is 17.5 Å². The fraction of sp³-hybridized carbons (Fsp3) is 0.333. The van der Waals surface area contributed by atoms with E-state index >= 15 is 0 Å². The van der Waals surface area contributed by atoms with Gasteiger partial charge < -0.3 is 10.1 Å². The molecule has 0 saturated heterocycles. The highest BCUT2D eigenvalue weighted by molar-refractivity contribution is 5.81. The molecule has 0 saturated carbocycles. The van der Waals surface area contributed by atoms with Crippen LogP contribution in [0, 0.1) is 10.1 Å². The van der Waals surface area contributed by atoms with Gasteiger partial charge in [0.05, 0.1) is 28.3 Å². The Labute approximate surface area is 108 Å². The molecule has 1 heterocycles. The molecule has 1 aromatic heterocycles. The number of aliphatic hydroxyl groups is 1. The fourth-order valence-electron chi connectivity index (χ4n) is 1.90. The number of nitrogens with zero attached hydrogens (tertiary/aromatic N) is 2. The van der Waals surface area contributed by atoms with Crippen molar-refractivity contribution in [2.75, 3.05) is 0 Å². The van der Waals surface area contributed by atoms with Gasteiger partial charge in [-0.05, 0) is 13.0 Å². The molecule has 2 atom stereocenters. The van der Waals surface area contributed by atoms with Crippen LogP contribution in [0.25, 0.3) is 10.9 Å². The minimum atomic E-state index is -0.738. The third kappa shape index (κ3) is 2.32. The van der Waals surface area contributed by atoms with Crippen molar-refractivity contribution < 1.29 is 10.0 Å². The van der Waals surface area contributed by atoms with Gasteiger partial charge >= 0.3 is 0 Å². The van der Waals surface area contributed by atoms with Gasteiger partial charge in [0.25, 0.3) is 11.2 Å². The molecule has 19 heavy (non-hydrogen) atoms. The van der Waals surface area contributed by atoms with Crippen LogP contribution < -0.4 is 5.56 Å². The zero-order valence-corrected chi connectivity index (χ0v) is 10.5. The summed E-state index contributed by atoms with van der Waals surface area (Å²) in [7, 11) is 0. The maximum Gasteiger partial charge on any atom is 0.273 e. The van der Waals surface area contributed by atoms with Crippen molar-refractivity contribution in [2.45, 2.75) is 25.9 Å². The molecule has 0 bridgehead atoms. The van der Waals surface area contributed by atoms with Crippen molar-refractivity contribution in [3.63, 3.8) is 0 Å². The lowest BCUT2D eigenvalue weighted by Gasteiger charge is -2.15. The Kier molecular flexibility index (Phi) is 3.30. The number of rotatable bonds is 3. The first-order valence-corrected chi connectivity index (χ1v) is 5.75. The first kappa shape index (κ1) is 13.2. The molecule has 2 unspecified atom stereocenters. The highest BCUT2D eigenvalue weighted by Gasteiger charge is 2.24. The van der Waals surface area contributed by atoms with Crippen LogP contribution in [0.4, 0.5) is 5.69 Å². The van der Waals surface area contributed by atoms with Gasteiger partial charge in [0.2, 0.25) is 0 Å². The van der Waals surface area contributed by atoms with E-state index in [2.05, 4.69) is 9.97 Å². The predicted octanol–water partition coefficient (Wildman–Crippen LogP) is 1.32. The number of aromatic nitrogens is 2. The van der Waals surface area contributed by atoms with Crippen LogP contribution in [-0.4, -0.2) is 26.1 Å². The average Bonchev–Trinajstić information content (AvgIpc) is 2.36. The molecular weight excluding hydrogens is 250 g/mol. The Bertz CT molecular complexity index is 693. The Balaban J connectivity index is 2.79. The van der Waals surface area contributed by atoms with Gasteiger partial charge in [0.1, 0.15) is 0 Å². The summed E-state index contributed by atoms with van der Waals surface area (Å²) in [5.41, 5.74) is 0.131. The summed E-state index contributed by atoms with van der Waals surface area (Å²) in [6.45, 7) is 3.25. The second-order valence-corrected chi connectivity index (χ2v) is 4.45. The second kappa shape index (κ2) is 4.77. The molecule has 1 aromatic carbocycles. The van der Waals surface area contributed by atoms with Gasteiger partial charge in [-0.2, -0.15) is 0 Å². The first-order chi connectivity index (χ1) is 8.91. The molecule has 0 spiro atoms. The summed E-state index contributed by atoms with van der Waals surface area (Å²) in [6.07, 6.45) is 0.506. The lowest BCUT2D eigenvalue weighted by atomic mass is 9.93. The molecule has 0 radical (unpaired) electrons. The third-order valence-electron chi connectivity index (χ3n) is 3.20. The lowest BCUT2D eigenvalue weighted by Crippen LogP contribution is -2.14. The van der Waals surface area contributed by atoms with E-state index in [0.717, 1.165) is 0 Å². The van der Waals surface area contributed by atoms with Gasteiger partial charge in [-0.15, -0.1) is 0 Å². The van der Waals surface area contributed by atoms with E-state index in [1.807, 2.05) is 0 Å². The molecule has 0 aliphatic carbocycles. The first-order valence-electron chi connectivity index (χ1n) is 5.75. The van der Waals surface area contributed by atoms with E-state index < -0.39 is 22.5 Å². The molecule has 7 heteroatoms. The van der Waals surface area contributed by atoms with Gasteiger partial charge in [-0.25, -0.2) is 4.98 Å². The van der Waals surface area contributed by atoms with E-state index in [0.29, 0.717) is 11.1 Å². The topological polar surface area (TPSA) is 109 Å². The molecular formula is C12H13N3O4. The molecule has 0 fully saturated rings. The Morgan fingerprint density at radius 1 is 1.42 bits per heavy atom. The summed E-state index contributed by atoms with van der Waals surface area (Å²) in [5.74, 6) is -0.425. The third-order valence-corrected chi connectivity index (χ3v) is 3.20. The molecule has 2 N–H and O–H groups in total. The molecule has 0 aliphatic rings. The number of aromatic amines is 1. The molecule has 2 aromatic rings. The van der Waals surface area contributed by atoms with Crippen molar-refractivity contribution >= 4 is 16.6 Å². The highest BCUT2D eigenvalue weighted by Crippen LogP contribution is 2.31. The van der Waals surface area contributed by atoms with Crippen LogP contribution >= 0.6 is 0 Å². The van der Waals surface area contributed by atoms with E-state index in [9.17, 15) is 20.0 Å². The molecule has 0 amide bonds. The van der Waals surface area contributed by atoms with Crippen LogP contribution in [0.15, 0.2) is 23.3 Å². The maximum absolute atomic E-state index is 11.6. The quantitative estimate of drug-likeness (QED) is 0.641. The zero-order chi connectivity index (χ0) is 14.2. The van der Waals surface area contributed by atoms with Crippen LogP contribution in [0.1, 0.15) is 25.3 Å². The number of nitro groups is 1. The minimum Gasteiger partial charge on any atom is -0.393 e. The van der Waals surface area contributed by atoms with Crippen molar-refractivity contribution in [2.24, 2.45) is 0 Å². The Morgan fingerprint density at radius 3 is 2.68 bits per heavy atom. The highest BCUT2D eigenvalue weighted by atomic mass is 16.6. The van der Waals surface area contributed by atoms with E-state index in [1.54, 1.807) is 13.8 Å². The number of hydrogen-bond donors (Lipinski definition) is 2. The monoisotopic (exact) mass is 263 g/mol. The number of H-pyrrole nitrogens is 1. The Hall–Kier alpha value is -2.28. The number of fused-ring (bicyclic) bond motifs is 1. The van der Waals surface area contributed by atoms with Crippen LogP contribution in [-0.2, 0) is 0 Å². The van der Waals surface area contributed by atoms with Gasteiger partial charge in [-0.3, -0.25) is 14.9 Å². The standard InChI is InChI=1S/C12H13N3O4/c1-6(7(2)16)8-3-10-9(4-11(8)15(18)19)12(17)14-5-13-10/h3-7,16H,1-2H3,(H,13,14,17). The van der Waals surface area contributed by atoms with Crippen molar-refractivity contribution in [1.29, 1.82) is 0 Å². The van der Waals surface area contributed by atoms with Crippen molar-refractivity contribution in [1.82, 2.24) is 9.97 Å².